The highest BCUT2D eigenvalue weighted by molar-refractivity contribution is 6.30. The van der Waals surface area contributed by atoms with Crippen LogP contribution >= 0.6 is 11.6 Å². The normalized spacial score (nSPS) is 10.0. The average Bonchev–Trinajstić information content (AvgIpc) is 2.49. The number of nitrogens with one attached hydrogen (secondary N) is 2. The Bertz CT molecular complexity index is 737. The molecule has 0 aliphatic heterocycles. The lowest BCUT2D eigenvalue weighted by atomic mass is 10.2. The summed E-state index contributed by atoms with van der Waals surface area (Å²) in [6.07, 6.45) is 1.30. The molecule has 2 aromatic rings. The predicted octanol–water partition coefficient (Wildman–Crippen LogP) is 2.07. The number of pyridine rings is 1. The zero-order valence-electron chi connectivity index (χ0n) is 11.0. The van der Waals surface area contributed by atoms with Gasteiger partial charge >= 0.3 is 5.97 Å². The Balaban J connectivity index is 2.18. The van der Waals surface area contributed by atoms with Crippen LogP contribution < -0.4 is 10.9 Å². The number of amides is 1. The van der Waals surface area contributed by atoms with E-state index in [-0.39, 0.29) is 10.6 Å². The number of halogens is 1. The second kappa shape index (κ2) is 6.23. The van der Waals surface area contributed by atoms with Gasteiger partial charge in [0.05, 0.1) is 17.7 Å². The maximum atomic E-state index is 12.0. The van der Waals surface area contributed by atoms with E-state index in [4.69, 9.17) is 11.6 Å². The minimum Gasteiger partial charge on any atom is -0.465 e. The van der Waals surface area contributed by atoms with Gasteiger partial charge in [0, 0.05) is 11.9 Å². The monoisotopic (exact) mass is 306 g/mol. The van der Waals surface area contributed by atoms with Crippen LogP contribution in [-0.4, -0.2) is 24.0 Å². The van der Waals surface area contributed by atoms with Crippen molar-refractivity contribution in [3.63, 3.8) is 0 Å². The molecule has 2 N–H and O–H groups in total. The van der Waals surface area contributed by atoms with Gasteiger partial charge in [-0.25, -0.2) is 4.79 Å². The van der Waals surface area contributed by atoms with Crippen LogP contribution in [0.25, 0.3) is 0 Å². The van der Waals surface area contributed by atoms with Crippen molar-refractivity contribution in [1.82, 2.24) is 4.98 Å². The number of methoxy groups -OCH3 is 1. The number of aromatic nitrogens is 1. The van der Waals surface area contributed by atoms with E-state index in [1.807, 2.05) is 0 Å². The van der Waals surface area contributed by atoms with Crippen LogP contribution in [0.5, 0.6) is 0 Å². The van der Waals surface area contributed by atoms with E-state index in [1.54, 1.807) is 0 Å². The Kier molecular flexibility index (Phi) is 4.39. The quantitative estimate of drug-likeness (QED) is 0.850. The zero-order valence-corrected chi connectivity index (χ0v) is 11.7. The van der Waals surface area contributed by atoms with Gasteiger partial charge in [-0.3, -0.25) is 9.59 Å². The standard InChI is InChI=1S/C14H11ClN2O4/c1-21-14(20)8-2-4-10(5-3-8)17-13(19)11-6-9(15)7-16-12(11)18/h2-7H,1H3,(H,16,18)(H,17,19). The third-order valence-corrected chi connectivity index (χ3v) is 2.89. The van der Waals surface area contributed by atoms with Crippen molar-refractivity contribution < 1.29 is 14.3 Å². The third-order valence-electron chi connectivity index (χ3n) is 2.68. The second-order valence-corrected chi connectivity index (χ2v) is 4.52. The summed E-state index contributed by atoms with van der Waals surface area (Å²) in [4.78, 5) is 37.2. The average molecular weight is 307 g/mol. The van der Waals surface area contributed by atoms with E-state index in [0.29, 0.717) is 11.3 Å². The molecule has 0 atom stereocenters. The summed E-state index contributed by atoms with van der Waals surface area (Å²) >= 11 is 5.73. The summed E-state index contributed by atoms with van der Waals surface area (Å²) < 4.78 is 4.57. The van der Waals surface area contributed by atoms with Gasteiger partial charge < -0.3 is 15.0 Å². The number of ether oxygens (including phenoxy) is 1. The number of anilines is 1. The first kappa shape index (κ1) is 14.8. The zero-order chi connectivity index (χ0) is 15.4. The molecule has 0 aliphatic carbocycles. The Morgan fingerprint density at radius 1 is 1.24 bits per heavy atom. The van der Waals surface area contributed by atoms with Gasteiger partial charge in [-0.1, -0.05) is 11.6 Å². The third kappa shape index (κ3) is 3.49. The molecule has 1 heterocycles. The molecule has 0 radical (unpaired) electrons. The number of benzene rings is 1. The van der Waals surface area contributed by atoms with E-state index in [0.717, 1.165) is 0 Å². The molecular weight excluding hydrogens is 296 g/mol. The van der Waals surface area contributed by atoms with Crippen molar-refractivity contribution in [3.8, 4) is 0 Å². The number of H-pyrrole nitrogens is 1. The van der Waals surface area contributed by atoms with E-state index < -0.39 is 17.4 Å². The molecule has 1 amide bonds. The molecule has 0 spiro atoms. The molecule has 0 unspecified atom stereocenters. The van der Waals surface area contributed by atoms with Gasteiger partial charge in [0.1, 0.15) is 5.56 Å². The summed E-state index contributed by atoms with van der Waals surface area (Å²) in [5.41, 5.74) is 0.158. The van der Waals surface area contributed by atoms with E-state index >= 15 is 0 Å². The number of hydrogen-bond acceptors (Lipinski definition) is 4. The molecule has 1 aromatic heterocycles. The van der Waals surface area contributed by atoms with E-state index in [9.17, 15) is 14.4 Å². The fourth-order valence-electron chi connectivity index (χ4n) is 1.63. The van der Waals surface area contributed by atoms with Gasteiger partial charge in [-0.2, -0.15) is 0 Å². The molecule has 2 rings (SSSR count). The molecule has 0 saturated heterocycles. The largest absolute Gasteiger partial charge is 0.465 e. The Morgan fingerprint density at radius 3 is 2.52 bits per heavy atom. The Labute approximate surface area is 124 Å². The van der Waals surface area contributed by atoms with Crippen LogP contribution in [-0.2, 0) is 4.74 Å². The Hall–Kier alpha value is -2.60. The lowest BCUT2D eigenvalue weighted by Crippen LogP contribution is -2.22. The number of esters is 1. The first-order valence-corrected chi connectivity index (χ1v) is 6.27. The maximum Gasteiger partial charge on any atom is 0.337 e. The van der Waals surface area contributed by atoms with Gasteiger partial charge in [-0.15, -0.1) is 0 Å². The number of carbonyl (C=O) groups excluding carboxylic acids is 2. The minimum absolute atomic E-state index is 0.0976. The van der Waals surface area contributed by atoms with Gasteiger partial charge in [0.15, 0.2) is 0 Å². The topological polar surface area (TPSA) is 88.3 Å². The van der Waals surface area contributed by atoms with Gasteiger partial charge in [0.2, 0.25) is 0 Å². The van der Waals surface area contributed by atoms with E-state index in [2.05, 4.69) is 15.0 Å². The molecule has 1 aromatic carbocycles. The summed E-state index contributed by atoms with van der Waals surface area (Å²) in [6, 6.07) is 7.34. The summed E-state index contributed by atoms with van der Waals surface area (Å²) in [6.45, 7) is 0. The Morgan fingerprint density at radius 2 is 1.90 bits per heavy atom. The first-order chi connectivity index (χ1) is 10.0. The molecule has 108 valence electrons. The number of carbonyl (C=O) groups is 2. The lowest BCUT2D eigenvalue weighted by molar-refractivity contribution is 0.0600. The lowest BCUT2D eigenvalue weighted by Gasteiger charge is -2.06. The molecule has 0 fully saturated rings. The highest BCUT2D eigenvalue weighted by atomic mass is 35.5. The smallest absolute Gasteiger partial charge is 0.337 e. The van der Waals surface area contributed by atoms with Gasteiger partial charge in [0.25, 0.3) is 11.5 Å². The minimum atomic E-state index is -0.593. The maximum absolute atomic E-state index is 12.0. The van der Waals surface area contributed by atoms with Crippen LogP contribution in [0.1, 0.15) is 20.7 Å². The van der Waals surface area contributed by atoms with Crippen molar-refractivity contribution in [3.05, 3.63) is 63.0 Å². The molecule has 0 saturated carbocycles. The summed E-state index contributed by atoms with van der Waals surface area (Å²) in [7, 11) is 1.28. The van der Waals surface area contributed by atoms with Crippen molar-refractivity contribution in [1.29, 1.82) is 0 Å². The first-order valence-electron chi connectivity index (χ1n) is 5.89. The highest BCUT2D eigenvalue weighted by Gasteiger charge is 2.12. The van der Waals surface area contributed by atoms with Gasteiger partial charge in [-0.05, 0) is 30.3 Å². The fraction of sp³-hybridized carbons (Fsp3) is 0.0714. The second-order valence-electron chi connectivity index (χ2n) is 4.08. The summed E-state index contributed by atoms with van der Waals surface area (Å²) in [5, 5.41) is 2.79. The van der Waals surface area contributed by atoms with Crippen LogP contribution in [0.4, 0.5) is 5.69 Å². The molecule has 21 heavy (non-hydrogen) atoms. The van der Waals surface area contributed by atoms with Crippen molar-refractivity contribution in [2.45, 2.75) is 0 Å². The van der Waals surface area contributed by atoms with Crippen LogP contribution in [0.3, 0.4) is 0 Å². The number of hydrogen-bond donors (Lipinski definition) is 2. The van der Waals surface area contributed by atoms with Crippen LogP contribution in [0, 0.1) is 0 Å². The van der Waals surface area contributed by atoms with Crippen molar-refractivity contribution >= 4 is 29.2 Å². The molecular formula is C14H11ClN2O4. The van der Waals surface area contributed by atoms with Crippen LogP contribution in [0.15, 0.2) is 41.3 Å². The summed E-state index contributed by atoms with van der Waals surface area (Å²) in [5.74, 6) is -1.07. The van der Waals surface area contributed by atoms with Crippen molar-refractivity contribution in [2.75, 3.05) is 12.4 Å². The SMILES string of the molecule is COC(=O)c1ccc(NC(=O)c2cc(Cl)c[nH]c2=O)cc1. The van der Waals surface area contributed by atoms with Crippen LogP contribution in [0.2, 0.25) is 5.02 Å². The predicted molar refractivity (Wildman–Crippen MR) is 77.8 cm³/mol. The molecule has 6 nitrogen and oxygen atoms in total. The molecule has 7 heteroatoms. The fourth-order valence-corrected chi connectivity index (χ4v) is 1.80. The number of rotatable bonds is 3. The number of aromatic amines is 1. The highest BCUT2D eigenvalue weighted by Crippen LogP contribution is 2.12. The molecule has 0 aliphatic rings. The van der Waals surface area contributed by atoms with E-state index in [1.165, 1.54) is 43.6 Å². The van der Waals surface area contributed by atoms with Crippen molar-refractivity contribution in [2.24, 2.45) is 0 Å². The molecule has 0 bridgehead atoms.